The molecule has 1 aliphatic heterocycles. The molecule has 2 aromatic carbocycles. The zero-order valence-electron chi connectivity index (χ0n) is 17.8. The van der Waals surface area contributed by atoms with Crippen LogP contribution in [-0.4, -0.2) is 47.8 Å². The Labute approximate surface area is 185 Å². The fraction of sp³-hybridized carbons (Fsp3) is 0.304. The molecule has 1 saturated carbocycles. The minimum absolute atomic E-state index is 0.126. The Morgan fingerprint density at radius 2 is 1.78 bits per heavy atom. The van der Waals surface area contributed by atoms with Crippen LogP contribution in [-0.2, 0) is 9.59 Å². The smallest absolute Gasteiger partial charge is 0.325 e. The first-order valence-corrected chi connectivity index (χ1v) is 10.3. The van der Waals surface area contributed by atoms with Gasteiger partial charge in [-0.2, -0.15) is 0 Å². The van der Waals surface area contributed by atoms with Crippen LogP contribution in [0.3, 0.4) is 0 Å². The number of ether oxygens (including phenoxy) is 1. The molecule has 0 aromatic heterocycles. The largest absolute Gasteiger partial charge is 0.495 e. The summed E-state index contributed by atoms with van der Waals surface area (Å²) < 4.78 is 5.23. The van der Waals surface area contributed by atoms with Gasteiger partial charge in [0.15, 0.2) is 0 Å². The number of carbonyl (C=O) groups is 4. The highest BCUT2D eigenvalue weighted by Gasteiger charge is 2.56. The van der Waals surface area contributed by atoms with Crippen LogP contribution < -0.4 is 20.7 Å². The third kappa shape index (κ3) is 4.14. The normalized spacial score (nSPS) is 20.0. The van der Waals surface area contributed by atoms with E-state index in [4.69, 9.17) is 4.74 Å². The second-order valence-corrected chi connectivity index (χ2v) is 8.08. The van der Waals surface area contributed by atoms with Crippen LogP contribution in [0.5, 0.6) is 5.75 Å². The molecule has 3 N–H and O–H groups in total. The lowest BCUT2D eigenvalue weighted by Crippen LogP contribution is -2.46. The molecule has 32 heavy (non-hydrogen) atoms. The molecule has 5 amide bonds. The fourth-order valence-corrected chi connectivity index (χ4v) is 3.79. The molecule has 1 aliphatic carbocycles. The van der Waals surface area contributed by atoms with Gasteiger partial charge in [0.05, 0.1) is 12.8 Å². The molecular weight excluding hydrogens is 412 g/mol. The summed E-state index contributed by atoms with van der Waals surface area (Å²) >= 11 is 0. The van der Waals surface area contributed by atoms with Gasteiger partial charge in [-0.1, -0.05) is 12.1 Å². The molecule has 2 aromatic rings. The van der Waals surface area contributed by atoms with Gasteiger partial charge in [-0.05, 0) is 62.1 Å². The number of carbonyl (C=O) groups excluding carboxylic acids is 4. The van der Waals surface area contributed by atoms with Gasteiger partial charge in [0.2, 0.25) is 5.91 Å². The third-order valence-electron chi connectivity index (χ3n) is 5.78. The summed E-state index contributed by atoms with van der Waals surface area (Å²) in [6.07, 6.45) is 1.78. The van der Waals surface area contributed by atoms with E-state index in [2.05, 4.69) is 16.0 Å². The van der Waals surface area contributed by atoms with E-state index in [1.807, 2.05) is 0 Å². The summed E-state index contributed by atoms with van der Waals surface area (Å²) in [5.74, 6) is -0.529. The lowest BCUT2D eigenvalue weighted by molar-refractivity contribution is -0.134. The lowest BCUT2D eigenvalue weighted by Gasteiger charge is -2.20. The van der Waals surface area contributed by atoms with Gasteiger partial charge in [-0.25, -0.2) is 4.79 Å². The molecular formula is C23H24N4O5. The van der Waals surface area contributed by atoms with Gasteiger partial charge in [0, 0.05) is 11.3 Å². The van der Waals surface area contributed by atoms with E-state index in [0.717, 1.165) is 17.7 Å². The van der Waals surface area contributed by atoms with Crippen molar-refractivity contribution >= 4 is 35.1 Å². The average molecular weight is 436 g/mol. The Morgan fingerprint density at radius 1 is 1.09 bits per heavy atom. The van der Waals surface area contributed by atoms with E-state index in [9.17, 15) is 19.2 Å². The van der Waals surface area contributed by atoms with Crippen LogP contribution >= 0.6 is 0 Å². The number of amides is 5. The van der Waals surface area contributed by atoms with Gasteiger partial charge in [-0.3, -0.25) is 19.3 Å². The Bertz CT molecular complexity index is 1080. The maximum absolute atomic E-state index is 12.6. The van der Waals surface area contributed by atoms with Gasteiger partial charge >= 0.3 is 6.03 Å². The molecule has 4 rings (SSSR count). The third-order valence-corrected chi connectivity index (χ3v) is 5.78. The van der Waals surface area contributed by atoms with Crippen LogP contribution in [0, 0.1) is 5.92 Å². The van der Waals surface area contributed by atoms with Crippen molar-refractivity contribution in [1.82, 2.24) is 10.2 Å². The summed E-state index contributed by atoms with van der Waals surface area (Å²) in [6.45, 7) is 1.33. The van der Waals surface area contributed by atoms with Crippen LogP contribution in [0.4, 0.5) is 16.2 Å². The van der Waals surface area contributed by atoms with E-state index >= 15 is 0 Å². The van der Waals surface area contributed by atoms with Crippen molar-refractivity contribution < 1.29 is 23.9 Å². The SMILES string of the molecule is COc1ccccc1NC(=O)c1ccc(NC(=O)CN2C(=O)N[C@](C)(C3CC3)C2=O)cc1. The highest BCUT2D eigenvalue weighted by atomic mass is 16.5. The zero-order valence-corrected chi connectivity index (χ0v) is 17.8. The molecule has 0 radical (unpaired) electrons. The van der Waals surface area contributed by atoms with Crippen molar-refractivity contribution in [2.24, 2.45) is 5.92 Å². The molecule has 1 heterocycles. The van der Waals surface area contributed by atoms with Gasteiger partial charge in [0.1, 0.15) is 17.8 Å². The van der Waals surface area contributed by atoms with Crippen molar-refractivity contribution in [3.63, 3.8) is 0 Å². The number of hydrogen-bond donors (Lipinski definition) is 3. The topological polar surface area (TPSA) is 117 Å². The number of para-hydroxylation sites is 2. The number of rotatable bonds is 7. The van der Waals surface area contributed by atoms with Crippen molar-refractivity contribution in [3.8, 4) is 5.75 Å². The molecule has 0 bridgehead atoms. The van der Waals surface area contributed by atoms with Gasteiger partial charge < -0.3 is 20.7 Å². The Hall–Kier alpha value is -3.88. The molecule has 9 nitrogen and oxygen atoms in total. The first-order valence-electron chi connectivity index (χ1n) is 10.3. The molecule has 1 atom stereocenters. The van der Waals surface area contributed by atoms with Crippen LogP contribution in [0.1, 0.15) is 30.1 Å². The first-order chi connectivity index (χ1) is 15.3. The minimum atomic E-state index is -0.923. The fourth-order valence-electron chi connectivity index (χ4n) is 3.79. The number of anilines is 2. The second-order valence-electron chi connectivity index (χ2n) is 8.08. The minimum Gasteiger partial charge on any atom is -0.495 e. The molecule has 2 fully saturated rings. The van der Waals surface area contributed by atoms with Crippen molar-refractivity contribution in [2.45, 2.75) is 25.3 Å². The Balaban J connectivity index is 1.35. The molecule has 1 saturated heterocycles. The number of hydrogen-bond acceptors (Lipinski definition) is 5. The number of nitrogens with zero attached hydrogens (tertiary/aromatic N) is 1. The van der Waals surface area contributed by atoms with E-state index in [1.165, 1.54) is 7.11 Å². The maximum Gasteiger partial charge on any atom is 0.325 e. The summed E-state index contributed by atoms with van der Waals surface area (Å²) in [6, 6.07) is 12.8. The second kappa shape index (κ2) is 8.33. The predicted molar refractivity (Wildman–Crippen MR) is 117 cm³/mol. The molecule has 166 valence electrons. The van der Waals surface area contributed by atoms with E-state index in [1.54, 1.807) is 55.5 Å². The quantitative estimate of drug-likeness (QED) is 0.577. The highest BCUT2D eigenvalue weighted by molar-refractivity contribution is 6.10. The maximum atomic E-state index is 12.6. The molecule has 2 aliphatic rings. The Kier molecular flexibility index (Phi) is 5.56. The molecule has 9 heteroatoms. The number of urea groups is 1. The van der Waals surface area contributed by atoms with E-state index in [0.29, 0.717) is 22.7 Å². The summed E-state index contributed by atoms with van der Waals surface area (Å²) in [4.78, 5) is 50.7. The first kappa shape index (κ1) is 21.4. The standard InChI is InChI=1S/C23H24N4O5/c1-23(15-9-10-15)21(30)27(22(31)26-23)13-19(28)24-16-11-7-14(8-12-16)20(29)25-17-5-3-4-6-18(17)32-2/h3-8,11-12,15H,9-10,13H2,1-2H3,(H,24,28)(H,25,29)(H,26,31)/t23-/m1/s1. The monoisotopic (exact) mass is 436 g/mol. The number of imide groups is 1. The highest BCUT2D eigenvalue weighted by Crippen LogP contribution is 2.42. The molecule has 0 spiro atoms. The number of benzene rings is 2. The number of nitrogens with one attached hydrogen (secondary N) is 3. The van der Waals surface area contributed by atoms with E-state index < -0.39 is 17.5 Å². The van der Waals surface area contributed by atoms with Gasteiger partial charge in [-0.15, -0.1) is 0 Å². The van der Waals surface area contributed by atoms with Gasteiger partial charge in [0.25, 0.3) is 11.8 Å². The summed E-state index contributed by atoms with van der Waals surface area (Å²) in [5, 5.41) is 8.14. The predicted octanol–water partition coefficient (Wildman–Crippen LogP) is 2.61. The van der Waals surface area contributed by atoms with Crippen molar-refractivity contribution in [3.05, 3.63) is 54.1 Å². The number of methoxy groups -OCH3 is 1. The summed E-state index contributed by atoms with van der Waals surface area (Å²) in [5.41, 5.74) is 0.460. The Morgan fingerprint density at radius 3 is 2.44 bits per heavy atom. The van der Waals surface area contributed by atoms with Crippen molar-refractivity contribution in [2.75, 3.05) is 24.3 Å². The average Bonchev–Trinajstić information content (AvgIpc) is 3.61. The van der Waals surface area contributed by atoms with E-state index in [-0.39, 0.29) is 24.3 Å². The van der Waals surface area contributed by atoms with Crippen LogP contribution in [0.2, 0.25) is 0 Å². The summed E-state index contributed by atoms with van der Waals surface area (Å²) in [7, 11) is 1.52. The van der Waals surface area contributed by atoms with Crippen LogP contribution in [0.25, 0.3) is 0 Å². The zero-order chi connectivity index (χ0) is 22.9. The van der Waals surface area contributed by atoms with Crippen molar-refractivity contribution in [1.29, 1.82) is 0 Å². The molecule has 0 unspecified atom stereocenters. The lowest BCUT2D eigenvalue weighted by atomic mass is 9.96. The van der Waals surface area contributed by atoms with Crippen LogP contribution in [0.15, 0.2) is 48.5 Å².